The van der Waals surface area contributed by atoms with E-state index < -0.39 is 53.7 Å². The van der Waals surface area contributed by atoms with Crippen molar-refractivity contribution in [3.8, 4) is 0 Å². The molecule has 0 aromatic heterocycles. The van der Waals surface area contributed by atoms with Gasteiger partial charge in [-0.1, -0.05) is 34.6 Å². The molecule has 0 radical (unpaired) electrons. The van der Waals surface area contributed by atoms with E-state index in [4.69, 9.17) is 4.74 Å². The quantitative estimate of drug-likeness (QED) is 0.403. The summed E-state index contributed by atoms with van der Waals surface area (Å²) in [6, 6.07) is 0. The highest BCUT2D eigenvalue weighted by Crippen LogP contribution is 2.69. The van der Waals surface area contributed by atoms with Crippen LogP contribution in [0.2, 0.25) is 0 Å². The minimum Gasteiger partial charge on any atom is -0.462 e. The van der Waals surface area contributed by atoms with E-state index in [0.29, 0.717) is 25.7 Å². The predicted molar refractivity (Wildman–Crippen MR) is 101 cm³/mol. The number of carbonyl (C=O) groups is 1. The number of carbonyl (C=O) groups excluding carboxylic acids is 1. The molecule has 0 aromatic carbocycles. The third-order valence-electron chi connectivity index (χ3n) is 7.78. The fourth-order valence-electron chi connectivity index (χ4n) is 6.16. The summed E-state index contributed by atoms with van der Waals surface area (Å²) < 4.78 is 84.7. The molecular weight excluding hydrogens is 426 g/mol. The van der Waals surface area contributed by atoms with Gasteiger partial charge in [0, 0.05) is 0 Å². The van der Waals surface area contributed by atoms with E-state index in [0.717, 1.165) is 0 Å². The molecule has 3 rings (SSSR count). The molecule has 31 heavy (non-hydrogen) atoms. The van der Waals surface area contributed by atoms with Crippen molar-refractivity contribution in [3.63, 3.8) is 0 Å². The van der Waals surface area contributed by atoms with Gasteiger partial charge in [0.05, 0.1) is 5.41 Å². The van der Waals surface area contributed by atoms with Crippen molar-refractivity contribution in [2.75, 3.05) is 0 Å². The zero-order valence-electron chi connectivity index (χ0n) is 18.6. The van der Waals surface area contributed by atoms with Crippen LogP contribution in [0.1, 0.15) is 73.1 Å². The maximum absolute atomic E-state index is 13.2. The van der Waals surface area contributed by atoms with E-state index >= 15 is 0 Å². The molecule has 180 valence electrons. The summed E-state index contributed by atoms with van der Waals surface area (Å²) in [7, 11) is 0. The number of esters is 1. The lowest BCUT2D eigenvalue weighted by Crippen LogP contribution is -2.58. The highest BCUT2D eigenvalue weighted by Gasteiger charge is 2.72. The minimum atomic E-state index is -5.83. The normalized spacial score (nSPS) is 35.4. The highest BCUT2D eigenvalue weighted by atomic mass is 19.4. The van der Waals surface area contributed by atoms with Gasteiger partial charge in [-0.2, -0.15) is 26.3 Å². The molecule has 0 spiro atoms. The van der Waals surface area contributed by atoms with Crippen molar-refractivity contribution in [2.45, 2.75) is 97.2 Å². The molecule has 0 heterocycles. The molecular formula is C22H32F6O3. The first-order valence-corrected chi connectivity index (χ1v) is 10.8. The van der Waals surface area contributed by atoms with Gasteiger partial charge in [0.25, 0.3) is 5.60 Å². The molecule has 3 aliphatic rings. The Morgan fingerprint density at radius 3 is 1.90 bits per heavy atom. The Bertz CT molecular complexity index is 706. The molecule has 3 nitrogen and oxygen atoms in total. The minimum absolute atomic E-state index is 0.0932. The molecule has 5 atom stereocenters. The van der Waals surface area contributed by atoms with Crippen molar-refractivity contribution in [1.82, 2.24) is 0 Å². The number of hydrogen-bond donors (Lipinski definition) is 1. The highest BCUT2D eigenvalue weighted by molar-refractivity contribution is 5.82. The summed E-state index contributed by atoms with van der Waals surface area (Å²) in [5, 5.41) is 9.62. The monoisotopic (exact) mass is 458 g/mol. The van der Waals surface area contributed by atoms with E-state index in [1.54, 1.807) is 0 Å². The van der Waals surface area contributed by atoms with Crippen molar-refractivity contribution in [3.05, 3.63) is 0 Å². The number of rotatable bonds is 5. The topological polar surface area (TPSA) is 46.5 Å². The van der Waals surface area contributed by atoms with Gasteiger partial charge in [0.15, 0.2) is 0 Å². The summed E-state index contributed by atoms with van der Waals surface area (Å²) in [4.78, 5) is 13.1. The summed E-state index contributed by atoms with van der Waals surface area (Å²) in [6.45, 7) is 9.98. The average Bonchev–Trinajstić information content (AvgIpc) is 2.85. The van der Waals surface area contributed by atoms with Crippen LogP contribution < -0.4 is 0 Å². The number of fused-ring (bicyclic) bond motifs is 2. The van der Waals surface area contributed by atoms with Crippen molar-refractivity contribution < 1.29 is 41.0 Å². The molecule has 2 bridgehead atoms. The van der Waals surface area contributed by atoms with Gasteiger partial charge in [-0.3, -0.25) is 4.79 Å². The summed E-state index contributed by atoms with van der Waals surface area (Å²) >= 11 is 0. The predicted octanol–water partition coefficient (Wildman–Crippen LogP) is 6.04. The SMILES string of the molecule is CC(C)(C)CC1(C(=O)OC2CC3CC(CC(O)(C(F)(F)F)C(F)(F)F)C2C3)CC1(C)C. The molecule has 0 aromatic rings. The van der Waals surface area contributed by atoms with E-state index in [1.807, 2.05) is 34.6 Å². The maximum atomic E-state index is 13.2. The van der Waals surface area contributed by atoms with Gasteiger partial charge in [0.1, 0.15) is 6.10 Å². The third kappa shape index (κ3) is 4.20. The van der Waals surface area contributed by atoms with Gasteiger partial charge in [-0.05, 0) is 67.1 Å². The Labute approximate surface area is 178 Å². The van der Waals surface area contributed by atoms with Crippen LogP contribution in [0, 0.1) is 34.0 Å². The van der Waals surface area contributed by atoms with Crippen LogP contribution in [0.3, 0.4) is 0 Å². The summed E-state index contributed by atoms with van der Waals surface area (Å²) in [5.74, 6) is -2.09. The molecule has 3 fully saturated rings. The Hall–Kier alpha value is -0.990. The second kappa shape index (κ2) is 7.00. The lowest BCUT2D eigenvalue weighted by Gasteiger charge is -2.38. The van der Waals surface area contributed by atoms with Crippen LogP contribution in [0.5, 0.6) is 0 Å². The van der Waals surface area contributed by atoms with Gasteiger partial charge in [-0.25, -0.2) is 0 Å². The second-order valence-corrected chi connectivity index (χ2v) is 11.9. The fourth-order valence-corrected chi connectivity index (χ4v) is 6.16. The molecule has 0 saturated heterocycles. The first-order valence-electron chi connectivity index (χ1n) is 10.8. The average molecular weight is 458 g/mol. The van der Waals surface area contributed by atoms with Crippen molar-refractivity contribution in [1.29, 1.82) is 0 Å². The van der Waals surface area contributed by atoms with Gasteiger partial charge < -0.3 is 9.84 Å². The number of halogens is 6. The zero-order valence-corrected chi connectivity index (χ0v) is 18.6. The number of alkyl halides is 6. The van der Waals surface area contributed by atoms with Crippen LogP contribution >= 0.6 is 0 Å². The molecule has 9 heteroatoms. The Morgan fingerprint density at radius 1 is 1.00 bits per heavy atom. The summed E-state index contributed by atoms with van der Waals surface area (Å²) in [5.41, 5.74) is -5.84. The lowest BCUT2D eigenvalue weighted by molar-refractivity contribution is -0.373. The lowest BCUT2D eigenvalue weighted by atomic mass is 9.77. The first kappa shape index (κ1) is 24.6. The van der Waals surface area contributed by atoms with E-state index in [9.17, 15) is 36.2 Å². The van der Waals surface area contributed by atoms with E-state index in [2.05, 4.69) is 0 Å². The molecule has 3 aliphatic carbocycles. The fraction of sp³-hybridized carbons (Fsp3) is 0.955. The molecule has 5 unspecified atom stereocenters. The van der Waals surface area contributed by atoms with E-state index in [-0.39, 0.29) is 23.2 Å². The third-order valence-corrected chi connectivity index (χ3v) is 7.78. The van der Waals surface area contributed by atoms with Crippen molar-refractivity contribution >= 4 is 5.97 Å². The van der Waals surface area contributed by atoms with Crippen LogP contribution in [-0.2, 0) is 9.53 Å². The second-order valence-electron chi connectivity index (χ2n) is 11.9. The smallest absolute Gasteiger partial charge is 0.426 e. The van der Waals surface area contributed by atoms with Gasteiger partial charge >= 0.3 is 18.3 Å². The molecule has 0 aliphatic heterocycles. The van der Waals surface area contributed by atoms with Crippen LogP contribution in [0.25, 0.3) is 0 Å². The molecule has 3 saturated carbocycles. The molecule has 0 amide bonds. The number of hydrogen-bond acceptors (Lipinski definition) is 3. The Morgan fingerprint density at radius 2 is 1.52 bits per heavy atom. The largest absolute Gasteiger partial charge is 0.462 e. The Kier molecular flexibility index (Phi) is 5.57. The first-order chi connectivity index (χ1) is 13.7. The standard InChI is InChI=1S/C22H32F6O3/c1-17(2,3)10-19(11-18(19,4)5)16(29)31-15-8-12-6-13(14(15)7-12)9-20(30,21(23,24)25)22(26,27)28/h12-15,30H,6-11H2,1-5H3. The van der Waals surface area contributed by atoms with Crippen LogP contribution in [-0.4, -0.2) is 35.1 Å². The number of ether oxygens (including phenoxy) is 1. The number of aliphatic hydroxyl groups is 1. The molecule has 1 N–H and O–H groups in total. The van der Waals surface area contributed by atoms with E-state index in [1.165, 1.54) is 0 Å². The summed E-state index contributed by atoms with van der Waals surface area (Å²) in [6.07, 6.45) is -11.5. The Balaban J connectivity index is 1.74. The zero-order chi connectivity index (χ0) is 23.8. The maximum Gasteiger partial charge on any atom is 0.426 e. The van der Waals surface area contributed by atoms with Gasteiger partial charge in [-0.15, -0.1) is 0 Å². The van der Waals surface area contributed by atoms with Crippen molar-refractivity contribution in [2.24, 2.45) is 34.0 Å². The van der Waals surface area contributed by atoms with Crippen LogP contribution in [0.4, 0.5) is 26.3 Å². The van der Waals surface area contributed by atoms with Crippen LogP contribution in [0.15, 0.2) is 0 Å². The van der Waals surface area contributed by atoms with Gasteiger partial charge in [0.2, 0.25) is 0 Å².